The Bertz CT molecular complexity index is 1400. The van der Waals surface area contributed by atoms with Gasteiger partial charge in [-0.3, -0.25) is 24.4 Å². The van der Waals surface area contributed by atoms with Crippen LogP contribution in [0, 0.1) is 5.92 Å². The maximum atomic E-state index is 12.6. The lowest BCUT2D eigenvalue weighted by atomic mass is 10.1. The zero-order chi connectivity index (χ0) is 28.9. The molecule has 4 rings (SSSR count). The van der Waals surface area contributed by atoms with E-state index in [4.69, 9.17) is 9.84 Å². The summed E-state index contributed by atoms with van der Waals surface area (Å²) in [5.74, 6) is -1.64. The summed E-state index contributed by atoms with van der Waals surface area (Å²) in [5.41, 5.74) is 1.24. The van der Waals surface area contributed by atoms with E-state index in [1.165, 1.54) is 13.2 Å². The van der Waals surface area contributed by atoms with E-state index < -0.39 is 30.2 Å². The van der Waals surface area contributed by atoms with Crippen molar-refractivity contribution in [2.45, 2.75) is 25.5 Å². The largest absolute Gasteiger partial charge is 0.494 e. The Morgan fingerprint density at radius 2 is 1.93 bits per heavy atom. The van der Waals surface area contributed by atoms with Crippen LogP contribution in [0.3, 0.4) is 0 Å². The van der Waals surface area contributed by atoms with E-state index in [-0.39, 0.29) is 29.9 Å². The zero-order valence-electron chi connectivity index (χ0n) is 21.3. The molecule has 2 heterocycles. The van der Waals surface area contributed by atoms with Gasteiger partial charge in [0.15, 0.2) is 11.5 Å². The molecule has 3 amide bonds. The van der Waals surface area contributed by atoms with Gasteiger partial charge in [-0.15, -0.1) is 10.2 Å². The first-order chi connectivity index (χ1) is 19.1. The fourth-order valence-corrected chi connectivity index (χ4v) is 3.72. The van der Waals surface area contributed by atoms with E-state index in [9.17, 15) is 29.7 Å². The zero-order valence-corrected chi connectivity index (χ0v) is 21.3. The molecule has 0 spiro atoms. The third kappa shape index (κ3) is 7.26. The van der Waals surface area contributed by atoms with Crippen LogP contribution in [-0.4, -0.2) is 84.5 Å². The molecule has 0 unspecified atom stereocenters. The van der Waals surface area contributed by atoms with Gasteiger partial charge in [-0.05, 0) is 18.9 Å². The first kappa shape index (κ1) is 28.4. The van der Waals surface area contributed by atoms with Crippen LogP contribution in [0.4, 0.5) is 17.2 Å². The Kier molecular flexibility index (Phi) is 8.54. The summed E-state index contributed by atoms with van der Waals surface area (Å²) < 4.78 is 7.24. The van der Waals surface area contributed by atoms with Crippen molar-refractivity contribution in [1.29, 1.82) is 0 Å². The van der Waals surface area contributed by atoms with Gasteiger partial charge in [-0.25, -0.2) is 0 Å². The number of aliphatic hydroxyl groups is 4. The van der Waals surface area contributed by atoms with Crippen molar-refractivity contribution < 1.29 is 39.5 Å². The number of nitrogens with zero attached hydrogens (tertiary/aromatic N) is 4. The number of methoxy groups -OCH3 is 1. The highest BCUT2D eigenvalue weighted by Crippen LogP contribution is 2.38. The summed E-state index contributed by atoms with van der Waals surface area (Å²) in [6.45, 7) is 0.00704. The van der Waals surface area contributed by atoms with Gasteiger partial charge in [0, 0.05) is 35.9 Å². The van der Waals surface area contributed by atoms with E-state index in [0.29, 0.717) is 29.1 Å². The quantitative estimate of drug-likeness (QED) is 0.124. The maximum Gasteiger partial charge on any atom is 0.369 e. The second-order valence-corrected chi connectivity index (χ2v) is 8.86. The first-order valence-corrected chi connectivity index (χ1v) is 12.1. The monoisotopic (exact) mass is 556 g/mol. The number of carbonyl (C=O) groups is 3. The van der Waals surface area contributed by atoms with Crippen LogP contribution in [-0.2, 0) is 16.1 Å². The van der Waals surface area contributed by atoms with Crippen molar-refractivity contribution in [3.05, 3.63) is 42.4 Å². The first-order valence-electron chi connectivity index (χ1n) is 12.1. The molecule has 212 valence electrons. The minimum atomic E-state index is -3.51. The van der Waals surface area contributed by atoms with Crippen LogP contribution < -0.4 is 26.0 Å². The van der Waals surface area contributed by atoms with Crippen LogP contribution in [0.2, 0.25) is 0 Å². The fraction of sp³-hybridized carbons (Fsp3) is 0.333. The molecule has 16 heteroatoms. The number of hydrogen-bond donors (Lipinski definition) is 8. The highest BCUT2D eigenvalue weighted by Gasteiger charge is 2.31. The molecule has 0 atom stereocenters. The molecule has 0 aliphatic heterocycles. The predicted molar refractivity (Wildman–Crippen MR) is 138 cm³/mol. The Balaban J connectivity index is 1.63. The lowest BCUT2D eigenvalue weighted by Crippen LogP contribution is -2.48. The van der Waals surface area contributed by atoms with Gasteiger partial charge < -0.3 is 41.1 Å². The molecule has 1 saturated carbocycles. The normalized spacial score (nSPS) is 12.9. The molecule has 40 heavy (non-hydrogen) atoms. The number of nitrogens with one attached hydrogen (secondary N) is 4. The molecule has 0 radical (unpaired) electrons. The molecule has 0 bridgehead atoms. The van der Waals surface area contributed by atoms with Crippen LogP contribution in [0.15, 0.2) is 36.7 Å². The topological polar surface area (TPSA) is 233 Å². The number of benzene rings is 1. The van der Waals surface area contributed by atoms with Crippen LogP contribution in [0.1, 0.15) is 23.3 Å². The van der Waals surface area contributed by atoms with E-state index in [0.717, 1.165) is 12.8 Å². The SMILES string of the molecule is COc1c(Nc2cc(NC(=O)C3CC3)nnc2C(=O)NC(O)(O)O)cccc1-c1cnn(CCNC(=O)CO)c1. The second-order valence-electron chi connectivity index (χ2n) is 8.86. The Hall–Kier alpha value is -4.64. The number of amides is 3. The maximum absolute atomic E-state index is 12.6. The average Bonchev–Trinajstić information content (AvgIpc) is 3.66. The number of carbonyl (C=O) groups excluding carboxylic acids is 3. The second kappa shape index (κ2) is 12.0. The number of ether oxygens (including phenoxy) is 1. The number of aromatic nitrogens is 4. The fourth-order valence-electron chi connectivity index (χ4n) is 3.72. The van der Waals surface area contributed by atoms with Crippen molar-refractivity contribution in [3.63, 3.8) is 0 Å². The van der Waals surface area contributed by atoms with Gasteiger partial charge >= 0.3 is 6.10 Å². The van der Waals surface area contributed by atoms with Crippen molar-refractivity contribution in [2.24, 2.45) is 5.92 Å². The van der Waals surface area contributed by atoms with Crippen molar-refractivity contribution in [2.75, 3.05) is 30.9 Å². The number of para-hydroxylation sites is 1. The highest BCUT2D eigenvalue weighted by molar-refractivity contribution is 6.00. The lowest BCUT2D eigenvalue weighted by molar-refractivity contribution is -0.323. The number of rotatable bonds is 12. The minimum Gasteiger partial charge on any atom is -0.494 e. The summed E-state index contributed by atoms with van der Waals surface area (Å²) in [5, 5.41) is 58.1. The van der Waals surface area contributed by atoms with Gasteiger partial charge in [-0.2, -0.15) is 5.10 Å². The average molecular weight is 557 g/mol. The number of anilines is 3. The summed E-state index contributed by atoms with van der Waals surface area (Å²) in [6.07, 6.45) is 1.34. The standard InChI is InChI=1S/C24H28N8O8/c1-40-21-15(14-10-26-32(11-14)8-7-25-19(34)12-33)3-2-4-16(21)27-17-9-18(28-22(35)13-5-6-13)30-31-20(17)23(36)29-24(37,38)39/h2-4,9-11,13,33,37-39H,5-8,12H2,1H3,(H,25,34)(H,29,36)(H2,27,28,30,35). The minimum absolute atomic E-state index is 0.00798. The third-order valence-corrected chi connectivity index (χ3v) is 5.73. The summed E-state index contributed by atoms with van der Waals surface area (Å²) in [4.78, 5) is 36.1. The van der Waals surface area contributed by atoms with Gasteiger partial charge in [0.1, 0.15) is 12.4 Å². The summed E-state index contributed by atoms with van der Waals surface area (Å²) >= 11 is 0. The molecule has 1 aromatic carbocycles. The molecule has 8 N–H and O–H groups in total. The van der Waals surface area contributed by atoms with Crippen LogP contribution >= 0.6 is 0 Å². The summed E-state index contributed by atoms with van der Waals surface area (Å²) in [6, 6.07) is 6.47. The smallest absolute Gasteiger partial charge is 0.369 e. The van der Waals surface area contributed by atoms with Crippen molar-refractivity contribution in [3.8, 4) is 16.9 Å². The Morgan fingerprint density at radius 3 is 2.60 bits per heavy atom. The van der Waals surface area contributed by atoms with Crippen LogP contribution in [0.5, 0.6) is 5.75 Å². The molecule has 0 saturated heterocycles. The van der Waals surface area contributed by atoms with Crippen molar-refractivity contribution >= 4 is 34.9 Å². The van der Waals surface area contributed by atoms with E-state index >= 15 is 0 Å². The lowest BCUT2D eigenvalue weighted by Gasteiger charge is -2.18. The molecule has 2 aromatic heterocycles. The molecule has 1 fully saturated rings. The molecular weight excluding hydrogens is 528 g/mol. The molecule has 16 nitrogen and oxygen atoms in total. The number of hydrogen-bond acceptors (Lipinski definition) is 12. The van der Waals surface area contributed by atoms with E-state index in [1.807, 2.05) is 0 Å². The van der Waals surface area contributed by atoms with E-state index in [1.54, 1.807) is 40.6 Å². The molecule has 1 aliphatic rings. The van der Waals surface area contributed by atoms with Gasteiger partial charge in [0.25, 0.3) is 5.91 Å². The van der Waals surface area contributed by atoms with Gasteiger partial charge in [0.2, 0.25) is 11.8 Å². The third-order valence-electron chi connectivity index (χ3n) is 5.73. The number of aliphatic hydroxyl groups excluding tert-OH is 1. The molecule has 3 aromatic rings. The van der Waals surface area contributed by atoms with Crippen LogP contribution in [0.25, 0.3) is 11.1 Å². The molecular formula is C24H28N8O8. The predicted octanol–water partition coefficient (Wildman–Crippen LogP) is -1.13. The van der Waals surface area contributed by atoms with Crippen molar-refractivity contribution in [1.82, 2.24) is 30.6 Å². The van der Waals surface area contributed by atoms with Gasteiger partial charge in [-0.1, -0.05) is 12.1 Å². The van der Waals surface area contributed by atoms with Gasteiger partial charge in [0.05, 0.1) is 31.2 Å². The highest BCUT2D eigenvalue weighted by atomic mass is 16.7. The summed E-state index contributed by atoms with van der Waals surface area (Å²) in [7, 11) is 1.44. The van der Waals surface area contributed by atoms with E-state index in [2.05, 4.69) is 31.2 Å². The molecule has 1 aliphatic carbocycles. The Morgan fingerprint density at radius 1 is 1.15 bits per heavy atom. The Labute approximate surface area is 227 Å².